The molecule has 0 spiro atoms. The first-order chi connectivity index (χ1) is 21.2. The van der Waals surface area contributed by atoms with E-state index in [9.17, 15) is 19.5 Å². The Morgan fingerprint density at radius 1 is 0.977 bits per heavy atom. The predicted octanol–water partition coefficient (Wildman–Crippen LogP) is 2.93. The number of piperazine rings is 1. The van der Waals surface area contributed by atoms with E-state index >= 15 is 4.39 Å². The summed E-state index contributed by atoms with van der Waals surface area (Å²) in [5.41, 5.74) is 1.20. The number of ether oxygens (including phenoxy) is 1. The lowest BCUT2D eigenvalue weighted by atomic mass is 9.98. The number of nitrogens with one attached hydrogen (secondary N) is 2. The molecule has 0 aliphatic carbocycles. The molecule has 3 aromatic rings. The Balaban J connectivity index is 1.25. The van der Waals surface area contributed by atoms with Crippen LogP contribution < -0.4 is 20.3 Å². The smallest absolute Gasteiger partial charge is 0.323 e. The van der Waals surface area contributed by atoms with E-state index < -0.39 is 23.3 Å². The van der Waals surface area contributed by atoms with Crippen LogP contribution >= 0.6 is 0 Å². The minimum absolute atomic E-state index is 0.0446. The molecule has 3 N–H and O–H groups in total. The Morgan fingerprint density at radius 3 is 2.45 bits per heavy atom. The number of phenols is 1. The third kappa shape index (κ3) is 5.40. The van der Waals surface area contributed by atoms with Crippen LogP contribution in [0.5, 0.6) is 11.5 Å². The zero-order valence-corrected chi connectivity index (χ0v) is 24.4. The van der Waals surface area contributed by atoms with Gasteiger partial charge in [0.25, 0.3) is 11.8 Å². The van der Waals surface area contributed by atoms with Gasteiger partial charge in [0.15, 0.2) is 0 Å². The van der Waals surface area contributed by atoms with Crippen LogP contribution in [0.4, 0.5) is 14.9 Å². The zero-order chi connectivity index (χ0) is 31.0. The van der Waals surface area contributed by atoms with Crippen molar-refractivity contribution in [2.24, 2.45) is 0 Å². The first kappa shape index (κ1) is 29.0. The van der Waals surface area contributed by atoms with Crippen molar-refractivity contribution in [3.8, 4) is 34.5 Å². The van der Waals surface area contributed by atoms with E-state index in [1.807, 2.05) is 6.07 Å². The number of carbonyl (C=O) groups is 3. The van der Waals surface area contributed by atoms with Crippen LogP contribution in [0.25, 0.3) is 11.1 Å². The lowest BCUT2D eigenvalue weighted by Crippen LogP contribution is -2.54. The second-order valence-corrected chi connectivity index (χ2v) is 11.1. The maximum Gasteiger partial charge on any atom is 0.323 e. The van der Waals surface area contributed by atoms with Crippen LogP contribution in [0.3, 0.4) is 0 Å². The van der Waals surface area contributed by atoms with Gasteiger partial charge in [0.05, 0.1) is 13.7 Å². The number of benzene rings is 3. The summed E-state index contributed by atoms with van der Waals surface area (Å²) in [6.45, 7) is 6.69. The highest BCUT2D eigenvalue weighted by atomic mass is 19.1. The number of rotatable bonds is 6. The Kier molecular flexibility index (Phi) is 7.61. The van der Waals surface area contributed by atoms with Gasteiger partial charge in [0.2, 0.25) is 5.54 Å². The topological polar surface area (TPSA) is 114 Å². The molecule has 226 valence electrons. The average molecular weight is 598 g/mol. The molecule has 0 bridgehead atoms. The van der Waals surface area contributed by atoms with Crippen molar-refractivity contribution >= 4 is 23.5 Å². The third-order valence-corrected chi connectivity index (χ3v) is 8.41. The van der Waals surface area contributed by atoms with E-state index in [2.05, 4.69) is 39.2 Å². The summed E-state index contributed by atoms with van der Waals surface area (Å²) in [6, 6.07) is 14.0. The predicted molar refractivity (Wildman–Crippen MR) is 162 cm³/mol. The van der Waals surface area contributed by atoms with E-state index in [0.717, 1.165) is 44.0 Å². The number of amides is 4. The largest absolute Gasteiger partial charge is 0.507 e. The lowest BCUT2D eigenvalue weighted by molar-refractivity contribution is -0.122. The highest BCUT2D eigenvalue weighted by Gasteiger charge is 2.48. The highest BCUT2D eigenvalue weighted by Crippen LogP contribution is 2.35. The number of nitrogens with zero attached hydrogens (tertiary/aromatic N) is 3. The van der Waals surface area contributed by atoms with E-state index in [4.69, 9.17) is 4.74 Å². The molecule has 0 aromatic heterocycles. The molecule has 10 nitrogen and oxygen atoms in total. The molecule has 3 aliphatic rings. The number of methoxy groups -OCH3 is 1. The Labute approximate surface area is 254 Å². The first-order valence-corrected chi connectivity index (χ1v) is 14.4. The molecule has 3 aliphatic heterocycles. The standard InChI is InChI=1S/C33H32FN5O5/c1-3-37-12-14-38(15-13-37)23-6-9-29(40)27(17-23)25-8-4-21(16-28(25)34)10-11-33(31(42)35-32(43)36-33)20-39-19-22-5-7-24(44-2)18-26(22)30(39)41/h4-9,16-18,40H,3,12-15,19-20H2,1-2H3,(H2,35,36,42,43)/t33-/m1/s1. The first-order valence-electron chi connectivity index (χ1n) is 14.4. The normalized spacial score (nSPS) is 19.8. The van der Waals surface area contributed by atoms with Gasteiger partial charge in [0.1, 0.15) is 17.3 Å². The highest BCUT2D eigenvalue weighted by molar-refractivity contribution is 6.10. The van der Waals surface area contributed by atoms with Gasteiger partial charge in [-0.15, -0.1) is 0 Å². The van der Waals surface area contributed by atoms with E-state index in [0.29, 0.717) is 16.9 Å². The van der Waals surface area contributed by atoms with Crippen LogP contribution in [0.1, 0.15) is 28.4 Å². The second kappa shape index (κ2) is 11.5. The number of carbonyl (C=O) groups excluding carboxylic acids is 3. The monoisotopic (exact) mass is 597 g/mol. The summed E-state index contributed by atoms with van der Waals surface area (Å²) in [6.07, 6.45) is 0. The number of halogens is 1. The molecule has 2 saturated heterocycles. The molecular weight excluding hydrogens is 565 g/mol. The van der Waals surface area contributed by atoms with E-state index in [1.165, 1.54) is 24.1 Å². The fourth-order valence-electron chi connectivity index (χ4n) is 5.86. The van der Waals surface area contributed by atoms with Crippen LogP contribution in [0.2, 0.25) is 0 Å². The molecule has 0 radical (unpaired) electrons. The van der Waals surface area contributed by atoms with Crippen molar-refractivity contribution in [3.05, 3.63) is 77.1 Å². The van der Waals surface area contributed by atoms with Gasteiger partial charge in [-0.05, 0) is 54.6 Å². The molecule has 3 aromatic carbocycles. The lowest BCUT2D eigenvalue weighted by Gasteiger charge is -2.35. The van der Waals surface area contributed by atoms with Crippen molar-refractivity contribution in [1.29, 1.82) is 0 Å². The summed E-state index contributed by atoms with van der Waals surface area (Å²) < 4.78 is 20.7. The second-order valence-electron chi connectivity index (χ2n) is 11.1. The van der Waals surface area contributed by atoms with Gasteiger partial charge in [0, 0.05) is 60.7 Å². The number of urea groups is 1. The van der Waals surface area contributed by atoms with Crippen LogP contribution in [0, 0.1) is 17.7 Å². The number of hydrogen-bond acceptors (Lipinski definition) is 7. The van der Waals surface area contributed by atoms with Crippen molar-refractivity contribution in [3.63, 3.8) is 0 Å². The zero-order valence-electron chi connectivity index (χ0n) is 24.4. The summed E-state index contributed by atoms with van der Waals surface area (Å²) >= 11 is 0. The third-order valence-electron chi connectivity index (χ3n) is 8.41. The van der Waals surface area contributed by atoms with Gasteiger partial charge in [-0.1, -0.05) is 30.9 Å². The molecule has 4 amide bonds. The number of fused-ring (bicyclic) bond motifs is 1. The molecule has 11 heteroatoms. The quantitative estimate of drug-likeness (QED) is 0.296. The maximum absolute atomic E-state index is 15.5. The maximum atomic E-state index is 15.5. The number of hydrogen-bond donors (Lipinski definition) is 3. The molecule has 2 fully saturated rings. The fourth-order valence-corrected chi connectivity index (χ4v) is 5.86. The summed E-state index contributed by atoms with van der Waals surface area (Å²) in [7, 11) is 1.51. The number of anilines is 1. The summed E-state index contributed by atoms with van der Waals surface area (Å²) in [5, 5.41) is 15.4. The fraction of sp³-hybridized carbons (Fsp3) is 0.303. The summed E-state index contributed by atoms with van der Waals surface area (Å²) in [5.74, 6) is 4.48. The van der Waals surface area contributed by atoms with Gasteiger partial charge >= 0.3 is 6.03 Å². The number of imide groups is 1. The Morgan fingerprint density at radius 2 is 1.77 bits per heavy atom. The van der Waals surface area contributed by atoms with Crippen molar-refractivity contribution < 1.29 is 28.6 Å². The molecule has 1 atom stereocenters. The van der Waals surface area contributed by atoms with Crippen LogP contribution in [-0.4, -0.2) is 84.7 Å². The Bertz CT molecular complexity index is 1730. The number of likely N-dealkylation sites (N-methyl/N-ethyl adjacent to an activating group) is 1. The average Bonchev–Trinajstić information content (AvgIpc) is 3.49. The SMILES string of the molecule is CCN1CCN(c2ccc(O)c(-c3ccc(C#C[C@]4(CN5Cc6ccc(OC)cc6C5=O)NC(=O)NC4=O)cc3F)c2)CC1. The van der Waals surface area contributed by atoms with Gasteiger partial charge in [-0.2, -0.15) is 0 Å². The minimum atomic E-state index is -1.73. The van der Waals surface area contributed by atoms with Crippen LogP contribution in [-0.2, 0) is 11.3 Å². The molecular formula is C33H32FN5O5. The minimum Gasteiger partial charge on any atom is -0.507 e. The molecule has 0 saturated carbocycles. The molecule has 3 heterocycles. The molecule has 6 rings (SSSR count). The summed E-state index contributed by atoms with van der Waals surface area (Å²) in [4.78, 5) is 44.3. The Hall–Kier alpha value is -5.08. The van der Waals surface area contributed by atoms with Crippen LogP contribution in [0.15, 0.2) is 54.6 Å². The molecule has 44 heavy (non-hydrogen) atoms. The van der Waals surface area contributed by atoms with Crippen molar-refractivity contribution in [2.45, 2.75) is 19.0 Å². The van der Waals surface area contributed by atoms with Crippen molar-refractivity contribution in [2.75, 3.05) is 51.3 Å². The van der Waals surface area contributed by atoms with Gasteiger partial charge < -0.3 is 29.9 Å². The molecule has 0 unspecified atom stereocenters. The van der Waals surface area contributed by atoms with Gasteiger partial charge in [-0.3, -0.25) is 14.9 Å². The number of aromatic hydroxyl groups is 1. The van der Waals surface area contributed by atoms with E-state index in [1.54, 1.807) is 36.4 Å². The number of phenolic OH excluding ortho intramolecular Hbond substituents is 1. The van der Waals surface area contributed by atoms with E-state index in [-0.39, 0.29) is 35.9 Å². The van der Waals surface area contributed by atoms with Gasteiger partial charge in [-0.25, -0.2) is 9.18 Å². The van der Waals surface area contributed by atoms with Crippen molar-refractivity contribution in [1.82, 2.24) is 20.4 Å².